The molecule has 0 aromatic heterocycles. The molecular weight excluding hydrogens is 298 g/mol. The lowest BCUT2D eigenvalue weighted by Gasteiger charge is -2.26. The maximum atomic E-state index is 12.4. The van der Waals surface area contributed by atoms with Gasteiger partial charge in [0.2, 0.25) is 0 Å². The Bertz CT molecular complexity index is 631. The molecule has 3 nitrogen and oxygen atoms in total. The molecule has 1 amide bonds. The van der Waals surface area contributed by atoms with Crippen LogP contribution < -0.4 is 4.74 Å². The van der Waals surface area contributed by atoms with Crippen LogP contribution in [0.4, 0.5) is 0 Å². The summed E-state index contributed by atoms with van der Waals surface area (Å²) in [6.07, 6.45) is 3.42. The van der Waals surface area contributed by atoms with Gasteiger partial charge >= 0.3 is 0 Å². The molecule has 0 saturated carbocycles. The molecule has 1 saturated heterocycles. The topological polar surface area (TPSA) is 29.5 Å². The van der Waals surface area contributed by atoms with Crippen LogP contribution in [0.5, 0.6) is 11.5 Å². The minimum Gasteiger partial charge on any atom is -0.457 e. The highest BCUT2D eigenvalue weighted by molar-refractivity contribution is 6.30. The van der Waals surface area contributed by atoms with E-state index in [4.69, 9.17) is 16.3 Å². The quantitative estimate of drug-likeness (QED) is 0.817. The van der Waals surface area contributed by atoms with Crippen molar-refractivity contribution < 1.29 is 9.53 Å². The molecule has 2 aromatic carbocycles. The lowest BCUT2D eigenvalue weighted by molar-refractivity contribution is 0.0724. The molecule has 0 bridgehead atoms. The van der Waals surface area contributed by atoms with Crippen molar-refractivity contribution in [3.63, 3.8) is 0 Å². The number of ether oxygens (including phenoxy) is 1. The minimum absolute atomic E-state index is 0.109. The number of benzene rings is 2. The molecule has 1 aliphatic heterocycles. The molecule has 0 N–H and O–H groups in total. The van der Waals surface area contributed by atoms with Crippen LogP contribution in [-0.4, -0.2) is 23.9 Å². The number of likely N-dealkylation sites (tertiary alicyclic amines) is 1. The molecule has 4 heteroatoms. The number of hydrogen-bond donors (Lipinski definition) is 0. The average molecular weight is 316 g/mol. The number of hydrogen-bond acceptors (Lipinski definition) is 2. The van der Waals surface area contributed by atoms with Crippen molar-refractivity contribution in [3.05, 3.63) is 59.1 Å². The zero-order chi connectivity index (χ0) is 15.4. The number of halogens is 1. The highest BCUT2D eigenvalue weighted by Gasteiger charge is 2.17. The normalized spacial score (nSPS) is 14.7. The predicted molar refractivity (Wildman–Crippen MR) is 87.7 cm³/mol. The fraction of sp³-hybridized carbons (Fsp3) is 0.278. The van der Waals surface area contributed by atoms with Crippen LogP contribution >= 0.6 is 11.6 Å². The van der Waals surface area contributed by atoms with Crippen LogP contribution in [0.2, 0.25) is 5.02 Å². The fourth-order valence-electron chi connectivity index (χ4n) is 2.58. The largest absolute Gasteiger partial charge is 0.457 e. The summed E-state index contributed by atoms with van der Waals surface area (Å²) in [5.74, 6) is 1.54. The Labute approximate surface area is 135 Å². The Balaban J connectivity index is 1.66. The molecule has 22 heavy (non-hydrogen) atoms. The van der Waals surface area contributed by atoms with Crippen LogP contribution in [0.15, 0.2) is 48.5 Å². The molecular formula is C18H18ClNO2. The Morgan fingerprint density at radius 2 is 1.41 bits per heavy atom. The first-order valence-corrected chi connectivity index (χ1v) is 7.93. The first kappa shape index (κ1) is 14.9. The molecule has 1 fully saturated rings. The summed E-state index contributed by atoms with van der Waals surface area (Å²) in [7, 11) is 0. The third-order valence-electron chi connectivity index (χ3n) is 3.79. The maximum Gasteiger partial charge on any atom is 0.253 e. The number of rotatable bonds is 3. The standard InChI is InChI=1S/C18H18ClNO2/c19-15-6-10-17(11-7-15)22-16-8-4-14(5-9-16)18(21)20-12-2-1-3-13-20/h4-11H,1-3,12-13H2. The zero-order valence-corrected chi connectivity index (χ0v) is 13.1. The number of piperidine rings is 1. The smallest absolute Gasteiger partial charge is 0.253 e. The molecule has 0 unspecified atom stereocenters. The van der Waals surface area contributed by atoms with Gasteiger partial charge in [0.1, 0.15) is 11.5 Å². The lowest BCUT2D eigenvalue weighted by atomic mass is 10.1. The zero-order valence-electron chi connectivity index (χ0n) is 12.3. The van der Waals surface area contributed by atoms with Crippen LogP contribution in [-0.2, 0) is 0 Å². The van der Waals surface area contributed by atoms with Gasteiger partial charge in [0, 0.05) is 23.7 Å². The first-order chi connectivity index (χ1) is 10.7. The van der Waals surface area contributed by atoms with E-state index in [1.54, 1.807) is 12.1 Å². The van der Waals surface area contributed by atoms with Crippen LogP contribution in [0.25, 0.3) is 0 Å². The van der Waals surface area contributed by atoms with Gasteiger partial charge < -0.3 is 9.64 Å². The van der Waals surface area contributed by atoms with Gasteiger partial charge in [-0.3, -0.25) is 4.79 Å². The van der Waals surface area contributed by atoms with Crippen molar-refractivity contribution in [1.29, 1.82) is 0 Å². The highest BCUT2D eigenvalue weighted by Crippen LogP contribution is 2.24. The summed E-state index contributed by atoms with van der Waals surface area (Å²) in [6.45, 7) is 1.73. The van der Waals surface area contributed by atoms with Gasteiger partial charge in [-0.25, -0.2) is 0 Å². The van der Waals surface area contributed by atoms with E-state index < -0.39 is 0 Å². The molecule has 1 heterocycles. The second-order valence-electron chi connectivity index (χ2n) is 5.43. The molecule has 0 radical (unpaired) electrons. The van der Waals surface area contributed by atoms with Crippen molar-refractivity contribution in [2.45, 2.75) is 19.3 Å². The summed E-state index contributed by atoms with van der Waals surface area (Å²) in [5.41, 5.74) is 0.713. The molecule has 3 rings (SSSR count). The van der Waals surface area contributed by atoms with Crippen molar-refractivity contribution in [2.24, 2.45) is 0 Å². The van der Waals surface area contributed by atoms with E-state index in [9.17, 15) is 4.79 Å². The van der Waals surface area contributed by atoms with Gasteiger partial charge in [-0.1, -0.05) is 11.6 Å². The van der Waals surface area contributed by atoms with Crippen molar-refractivity contribution in [3.8, 4) is 11.5 Å². The Morgan fingerprint density at radius 1 is 0.864 bits per heavy atom. The van der Waals surface area contributed by atoms with E-state index in [0.29, 0.717) is 16.3 Å². The number of nitrogens with zero attached hydrogens (tertiary/aromatic N) is 1. The van der Waals surface area contributed by atoms with Crippen LogP contribution in [0.3, 0.4) is 0 Å². The van der Waals surface area contributed by atoms with Crippen LogP contribution in [0.1, 0.15) is 29.6 Å². The number of amides is 1. The van der Waals surface area contributed by atoms with Gasteiger partial charge in [0.15, 0.2) is 0 Å². The first-order valence-electron chi connectivity index (χ1n) is 7.55. The second-order valence-corrected chi connectivity index (χ2v) is 5.87. The summed E-state index contributed by atoms with van der Waals surface area (Å²) in [4.78, 5) is 14.3. The van der Waals surface area contributed by atoms with Crippen molar-refractivity contribution >= 4 is 17.5 Å². The molecule has 114 valence electrons. The predicted octanol–water partition coefficient (Wildman–Crippen LogP) is 4.76. The molecule has 1 aliphatic rings. The monoisotopic (exact) mass is 315 g/mol. The van der Waals surface area contributed by atoms with Gasteiger partial charge in [-0.05, 0) is 67.8 Å². The molecule has 0 spiro atoms. The second kappa shape index (κ2) is 6.84. The van der Waals surface area contributed by atoms with E-state index in [2.05, 4.69) is 0 Å². The number of carbonyl (C=O) groups is 1. The van der Waals surface area contributed by atoms with E-state index in [-0.39, 0.29) is 5.91 Å². The summed E-state index contributed by atoms with van der Waals surface area (Å²) in [6, 6.07) is 14.5. The van der Waals surface area contributed by atoms with Crippen LogP contribution in [0, 0.1) is 0 Å². The maximum absolute atomic E-state index is 12.4. The summed E-state index contributed by atoms with van der Waals surface area (Å²) < 4.78 is 5.73. The molecule has 0 aliphatic carbocycles. The number of carbonyl (C=O) groups excluding carboxylic acids is 1. The van der Waals surface area contributed by atoms with Crippen molar-refractivity contribution in [1.82, 2.24) is 4.90 Å². The molecule has 0 atom stereocenters. The summed E-state index contributed by atoms with van der Waals surface area (Å²) in [5, 5.41) is 0.676. The third kappa shape index (κ3) is 3.60. The fourth-order valence-corrected chi connectivity index (χ4v) is 2.71. The summed E-state index contributed by atoms with van der Waals surface area (Å²) >= 11 is 5.85. The Morgan fingerprint density at radius 3 is 2.00 bits per heavy atom. The lowest BCUT2D eigenvalue weighted by Crippen LogP contribution is -2.35. The Kier molecular flexibility index (Phi) is 4.64. The van der Waals surface area contributed by atoms with E-state index >= 15 is 0 Å². The SMILES string of the molecule is O=C(c1ccc(Oc2ccc(Cl)cc2)cc1)N1CCCCC1. The van der Waals surface area contributed by atoms with Gasteiger partial charge in [-0.2, -0.15) is 0 Å². The van der Waals surface area contributed by atoms with Gasteiger partial charge in [0.05, 0.1) is 0 Å². The van der Waals surface area contributed by atoms with Gasteiger partial charge in [0.25, 0.3) is 5.91 Å². The van der Waals surface area contributed by atoms with E-state index in [1.807, 2.05) is 41.3 Å². The van der Waals surface area contributed by atoms with E-state index in [1.165, 1.54) is 6.42 Å². The average Bonchev–Trinajstić information content (AvgIpc) is 2.58. The minimum atomic E-state index is 0.109. The highest BCUT2D eigenvalue weighted by atomic mass is 35.5. The van der Waals surface area contributed by atoms with Gasteiger partial charge in [-0.15, -0.1) is 0 Å². The molecule has 2 aromatic rings. The van der Waals surface area contributed by atoms with E-state index in [0.717, 1.165) is 31.7 Å². The Hall–Kier alpha value is -2.00. The third-order valence-corrected chi connectivity index (χ3v) is 4.05. The van der Waals surface area contributed by atoms with Crippen molar-refractivity contribution in [2.75, 3.05) is 13.1 Å².